The maximum atomic E-state index is 13.6. The SMILES string of the molecule is CN(C(=O)c1ccc2nc(N)c3cnn(C)c3c2c1)C1COCc2cc(-n3ccnn3)ccc21. The van der Waals surface area contributed by atoms with E-state index >= 15 is 0 Å². The van der Waals surface area contributed by atoms with Crippen molar-refractivity contribution in [1.82, 2.24) is 34.7 Å². The fraction of sp³-hybridized carbons (Fsp3) is 0.208. The first-order valence-electron chi connectivity index (χ1n) is 10.9. The minimum Gasteiger partial charge on any atom is -0.383 e. The van der Waals surface area contributed by atoms with Crippen molar-refractivity contribution in [3.8, 4) is 5.69 Å². The van der Waals surface area contributed by atoms with Crippen LogP contribution in [-0.4, -0.2) is 54.2 Å². The molecule has 1 unspecified atom stereocenters. The van der Waals surface area contributed by atoms with E-state index < -0.39 is 0 Å². The highest BCUT2D eigenvalue weighted by Gasteiger charge is 2.29. The third kappa shape index (κ3) is 3.11. The third-order valence-corrected chi connectivity index (χ3v) is 6.45. The van der Waals surface area contributed by atoms with Gasteiger partial charge in [0.2, 0.25) is 0 Å². The van der Waals surface area contributed by atoms with E-state index in [1.807, 2.05) is 44.4 Å². The number of hydrogen-bond donors (Lipinski definition) is 1. The number of nitrogens with zero attached hydrogens (tertiary/aromatic N) is 7. The maximum Gasteiger partial charge on any atom is 0.254 e. The normalized spacial score (nSPS) is 15.5. The van der Waals surface area contributed by atoms with Crippen LogP contribution in [0.4, 0.5) is 5.82 Å². The molecule has 5 aromatic rings. The molecule has 3 aromatic heterocycles. The molecule has 2 N–H and O–H groups in total. The summed E-state index contributed by atoms with van der Waals surface area (Å²) in [5.41, 5.74) is 11.2. The quantitative estimate of drug-likeness (QED) is 0.445. The highest BCUT2D eigenvalue weighted by Crippen LogP contribution is 2.32. The molecule has 4 heterocycles. The summed E-state index contributed by atoms with van der Waals surface area (Å²) in [4.78, 5) is 19.8. The molecule has 10 nitrogen and oxygen atoms in total. The summed E-state index contributed by atoms with van der Waals surface area (Å²) in [5.74, 6) is 0.323. The number of nitrogens with two attached hydrogens (primary N) is 1. The molecule has 1 aliphatic rings. The van der Waals surface area contributed by atoms with E-state index in [4.69, 9.17) is 10.5 Å². The van der Waals surface area contributed by atoms with E-state index in [1.54, 1.807) is 38.9 Å². The highest BCUT2D eigenvalue weighted by molar-refractivity contribution is 6.10. The molecule has 0 aliphatic carbocycles. The number of amides is 1. The van der Waals surface area contributed by atoms with Crippen LogP contribution in [0.2, 0.25) is 0 Å². The van der Waals surface area contributed by atoms with E-state index in [-0.39, 0.29) is 11.9 Å². The smallest absolute Gasteiger partial charge is 0.254 e. The number of pyridine rings is 1. The number of hydrogen-bond acceptors (Lipinski definition) is 7. The summed E-state index contributed by atoms with van der Waals surface area (Å²) < 4.78 is 9.32. The first-order valence-corrected chi connectivity index (χ1v) is 10.9. The molecule has 0 saturated carbocycles. The fourth-order valence-electron chi connectivity index (χ4n) is 4.66. The lowest BCUT2D eigenvalue weighted by Gasteiger charge is -2.33. The molecule has 0 spiro atoms. The topological polar surface area (TPSA) is 117 Å². The number of aromatic nitrogens is 6. The Labute approximate surface area is 194 Å². The van der Waals surface area contributed by atoms with Gasteiger partial charge in [-0.1, -0.05) is 11.3 Å². The number of anilines is 1. The Hall–Kier alpha value is -4.31. The number of nitrogen functional groups attached to an aromatic ring is 1. The Kier molecular flexibility index (Phi) is 4.56. The molecule has 0 saturated heterocycles. The van der Waals surface area contributed by atoms with Crippen LogP contribution in [0, 0.1) is 0 Å². The molecule has 0 fully saturated rings. The van der Waals surface area contributed by atoms with Crippen molar-refractivity contribution in [3.05, 3.63) is 71.7 Å². The predicted octanol–water partition coefficient (Wildman–Crippen LogP) is 2.63. The lowest BCUT2D eigenvalue weighted by atomic mass is 9.96. The van der Waals surface area contributed by atoms with E-state index in [2.05, 4.69) is 20.4 Å². The summed E-state index contributed by atoms with van der Waals surface area (Å²) in [6.07, 6.45) is 5.12. The standard InChI is InChI=1S/C24H22N8O2/c1-30(21-13-34-12-15-9-16(4-5-17(15)21)32-8-7-26-29-32)24(33)14-3-6-20-18(10-14)22-19(23(25)28-20)11-27-31(22)2/h3-11,21H,12-13H2,1-2H3,(H2,25,28). The van der Waals surface area contributed by atoms with Crippen LogP contribution < -0.4 is 5.73 Å². The van der Waals surface area contributed by atoms with Crippen LogP contribution in [0.25, 0.3) is 27.5 Å². The number of carbonyl (C=O) groups excluding carboxylic acids is 1. The molecule has 2 aromatic carbocycles. The average molecular weight is 454 g/mol. The fourth-order valence-corrected chi connectivity index (χ4v) is 4.66. The van der Waals surface area contributed by atoms with Crippen LogP contribution in [-0.2, 0) is 18.4 Å². The number of benzene rings is 2. The molecule has 10 heteroatoms. The van der Waals surface area contributed by atoms with Crippen molar-refractivity contribution in [2.75, 3.05) is 19.4 Å². The zero-order chi connectivity index (χ0) is 23.4. The summed E-state index contributed by atoms with van der Waals surface area (Å²) in [5, 5.41) is 13.8. The Morgan fingerprint density at radius 3 is 2.91 bits per heavy atom. The number of ether oxygens (including phenoxy) is 1. The largest absolute Gasteiger partial charge is 0.383 e. The summed E-state index contributed by atoms with van der Waals surface area (Å²) in [6.45, 7) is 0.910. The van der Waals surface area contributed by atoms with Crippen LogP contribution in [0.3, 0.4) is 0 Å². The number of fused-ring (bicyclic) bond motifs is 4. The second-order valence-corrected chi connectivity index (χ2v) is 8.44. The van der Waals surface area contributed by atoms with Gasteiger partial charge in [0.05, 0.1) is 60.0 Å². The molecule has 0 bridgehead atoms. The van der Waals surface area contributed by atoms with Crippen LogP contribution in [0.1, 0.15) is 27.5 Å². The van der Waals surface area contributed by atoms with Gasteiger partial charge in [-0.2, -0.15) is 5.10 Å². The molecular weight excluding hydrogens is 432 g/mol. The average Bonchev–Trinajstić information content (AvgIpc) is 3.53. The van der Waals surface area contributed by atoms with Crippen molar-refractivity contribution in [2.24, 2.45) is 7.05 Å². The zero-order valence-electron chi connectivity index (χ0n) is 18.7. The van der Waals surface area contributed by atoms with Crippen LogP contribution in [0.5, 0.6) is 0 Å². The van der Waals surface area contributed by atoms with Crippen molar-refractivity contribution in [3.63, 3.8) is 0 Å². The second-order valence-electron chi connectivity index (χ2n) is 8.44. The van der Waals surface area contributed by atoms with E-state index in [1.165, 1.54) is 0 Å². The van der Waals surface area contributed by atoms with Gasteiger partial charge in [-0.25, -0.2) is 9.67 Å². The number of carbonyl (C=O) groups is 1. The molecule has 0 radical (unpaired) electrons. The molecule has 6 rings (SSSR count). The van der Waals surface area contributed by atoms with Gasteiger partial charge < -0.3 is 15.4 Å². The Bertz CT molecular complexity index is 1560. The van der Waals surface area contributed by atoms with Crippen LogP contribution >= 0.6 is 0 Å². The first-order chi connectivity index (χ1) is 16.5. The monoisotopic (exact) mass is 454 g/mol. The van der Waals surface area contributed by atoms with Gasteiger partial charge in [-0.3, -0.25) is 9.48 Å². The minimum atomic E-state index is -0.210. The second kappa shape index (κ2) is 7.63. The number of aryl methyl sites for hydroxylation is 1. The molecule has 1 aliphatic heterocycles. The van der Waals surface area contributed by atoms with Gasteiger partial charge in [0.15, 0.2) is 0 Å². The Balaban J connectivity index is 1.36. The number of likely N-dealkylation sites (N-methyl/N-ethyl adjacent to an activating group) is 1. The third-order valence-electron chi connectivity index (χ3n) is 6.45. The van der Waals surface area contributed by atoms with Gasteiger partial charge in [0.25, 0.3) is 5.91 Å². The van der Waals surface area contributed by atoms with Gasteiger partial charge in [-0.05, 0) is 41.5 Å². The first kappa shape index (κ1) is 20.3. The minimum absolute atomic E-state index is 0.101. The Morgan fingerprint density at radius 2 is 2.09 bits per heavy atom. The summed E-state index contributed by atoms with van der Waals surface area (Å²) >= 11 is 0. The van der Waals surface area contributed by atoms with Crippen molar-refractivity contribution < 1.29 is 9.53 Å². The van der Waals surface area contributed by atoms with E-state index in [0.717, 1.165) is 38.6 Å². The van der Waals surface area contributed by atoms with E-state index in [9.17, 15) is 4.79 Å². The number of rotatable bonds is 3. The lowest BCUT2D eigenvalue weighted by Crippen LogP contribution is -2.36. The van der Waals surface area contributed by atoms with Gasteiger partial charge in [0, 0.05) is 25.0 Å². The molecule has 1 atom stereocenters. The molecule has 34 heavy (non-hydrogen) atoms. The van der Waals surface area contributed by atoms with Crippen LogP contribution in [0.15, 0.2) is 55.0 Å². The van der Waals surface area contributed by atoms with Gasteiger partial charge in [-0.15, -0.1) is 5.10 Å². The lowest BCUT2D eigenvalue weighted by molar-refractivity contribution is 0.0346. The molecular formula is C24H22N8O2. The molecule has 170 valence electrons. The van der Waals surface area contributed by atoms with Crippen molar-refractivity contribution in [2.45, 2.75) is 12.6 Å². The summed E-state index contributed by atoms with van der Waals surface area (Å²) in [7, 11) is 3.66. The van der Waals surface area contributed by atoms with Crippen molar-refractivity contribution in [1.29, 1.82) is 0 Å². The zero-order valence-corrected chi connectivity index (χ0v) is 18.7. The molecule has 1 amide bonds. The highest BCUT2D eigenvalue weighted by atomic mass is 16.5. The maximum absolute atomic E-state index is 13.6. The van der Waals surface area contributed by atoms with Gasteiger partial charge >= 0.3 is 0 Å². The summed E-state index contributed by atoms with van der Waals surface area (Å²) in [6, 6.07) is 11.3. The predicted molar refractivity (Wildman–Crippen MR) is 126 cm³/mol. The van der Waals surface area contributed by atoms with Gasteiger partial charge in [0.1, 0.15) is 5.82 Å². The van der Waals surface area contributed by atoms with Crippen molar-refractivity contribution >= 4 is 33.5 Å². The van der Waals surface area contributed by atoms with E-state index in [0.29, 0.717) is 24.6 Å². The Morgan fingerprint density at radius 1 is 1.21 bits per heavy atom.